The van der Waals surface area contributed by atoms with Gasteiger partial charge < -0.3 is 16.2 Å². The van der Waals surface area contributed by atoms with E-state index in [0.717, 1.165) is 5.56 Å². The minimum absolute atomic E-state index is 0.0696. The topological polar surface area (TPSA) is 75.3 Å². The van der Waals surface area contributed by atoms with E-state index in [-0.39, 0.29) is 12.6 Å². The Morgan fingerprint density at radius 1 is 1.22 bits per heavy atom. The number of carbonyl (C=O) groups excluding carboxylic acids is 1. The highest BCUT2D eigenvalue weighted by Crippen LogP contribution is 2.18. The van der Waals surface area contributed by atoms with Crippen molar-refractivity contribution >= 4 is 5.91 Å². The summed E-state index contributed by atoms with van der Waals surface area (Å²) in [5.74, 6) is -0.191. The highest BCUT2D eigenvalue weighted by molar-refractivity contribution is 5.78. The molecule has 2 unspecified atom stereocenters. The van der Waals surface area contributed by atoms with Crippen LogP contribution in [-0.2, 0) is 4.79 Å². The van der Waals surface area contributed by atoms with Gasteiger partial charge in [0.25, 0.3) is 0 Å². The number of nitrogens with one attached hydrogen (secondary N) is 1. The van der Waals surface area contributed by atoms with Crippen molar-refractivity contribution in [2.75, 3.05) is 6.54 Å². The van der Waals surface area contributed by atoms with Gasteiger partial charge in [-0.2, -0.15) is 0 Å². The van der Waals surface area contributed by atoms with E-state index in [0.29, 0.717) is 5.92 Å². The molecule has 1 amide bonds. The van der Waals surface area contributed by atoms with E-state index >= 15 is 0 Å². The summed E-state index contributed by atoms with van der Waals surface area (Å²) in [5.41, 5.74) is 7.40. The quantitative estimate of drug-likeness (QED) is 0.712. The van der Waals surface area contributed by atoms with Crippen LogP contribution >= 0.6 is 0 Å². The largest absolute Gasteiger partial charge is 0.382 e. The van der Waals surface area contributed by atoms with E-state index in [9.17, 15) is 9.90 Å². The molecule has 0 radical (unpaired) electrons. The Kier molecular flexibility index (Phi) is 5.31. The van der Waals surface area contributed by atoms with Crippen LogP contribution in [0.15, 0.2) is 24.3 Å². The van der Waals surface area contributed by atoms with Crippen molar-refractivity contribution < 1.29 is 9.90 Å². The van der Waals surface area contributed by atoms with Gasteiger partial charge in [-0.25, -0.2) is 0 Å². The van der Waals surface area contributed by atoms with Crippen molar-refractivity contribution in [2.24, 2.45) is 5.73 Å². The molecule has 0 aromatic heterocycles. The molecule has 4 N–H and O–H groups in total. The van der Waals surface area contributed by atoms with E-state index in [1.165, 1.54) is 5.56 Å². The van der Waals surface area contributed by atoms with Crippen molar-refractivity contribution in [3.63, 3.8) is 0 Å². The summed E-state index contributed by atoms with van der Waals surface area (Å²) in [5, 5.41) is 12.4. The molecule has 18 heavy (non-hydrogen) atoms. The predicted octanol–water partition coefficient (Wildman–Crippen LogP) is 1.31. The SMILES string of the molecule is CC(C)c1ccc(C(C)NCC(O)C(N)=O)cc1. The average Bonchev–Trinajstić information content (AvgIpc) is 2.35. The highest BCUT2D eigenvalue weighted by atomic mass is 16.3. The number of rotatable bonds is 6. The third kappa shape index (κ3) is 4.13. The summed E-state index contributed by atoms with van der Waals surface area (Å²) >= 11 is 0. The van der Waals surface area contributed by atoms with Crippen molar-refractivity contribution in [3.8, 4) is 0 Å². The van der Waals surface area contributed by atoms with Crippen LogP contribution in [0.1, 0.15) is 43.9 Å². The molecular formula is C14H22N2O2. The van der Waals surface area contributed by atoms with E-state index in [1.807, 2.05) is 6.92 Å². The molecule has 0 aliphatic heterocycles. The molecule has 1 rings (SSSR count). The third-order valence-corrected chi connectivity index (χ3v) is 3.05. The Labute approximate surface area is 108 Å². The van der Waals surface area contributed by atoms with Gasteiger partial charge in [-0.1, -0.05) is 38.1 Å². The lowest BCUT2D eigenvalue weighted by Gasteiger charge is -2.16. The summed E-state index contributed by atoms with van der Waals surface area (Å²) in [4.78, 5) is 10.7. The Morgan fingerprint density at radius 3 is 2.17 bits per heavy atom. The first-order chi connectivity index (χ1) is 8.41. The van der Waals surface area contributed by atoms with Gasteiger partial charge in [0.2, 0.25) is 5.91 Å². The highest BCUT2D eigenvalue weighted by Gasteiger charge is 2.12. The first-order valence-electron chi connectivity index (χ1n) is 6.22. The average molecular weight is 250 g/mol. The molecule has 0 aliphatic rings. The molecule has 0 saturated carbocycles. The third-order valence-electron chi connectivity index (χ3n) is 3.05. The summed E-state index contributed by atoms with van der Waals surface area (Å²) in [6.07, 6.45) is -1.14. The summed E-state index contributed by atoms with van der Waals surface area (Å²) < 4.78 is 0. The van der Waals surface area contributed by atoms with E-state index in [2.05, 4.69) is 43.4 Å². The Morgan fingerprint density at radius 2 is 1.72 bits per heavy atom. The van der Waals surface area contributed by atoms with Crippen LogP contribution in [0.3, 0.4) is 0 Å². The van der Waals surface area contributed by atoms with Gasteiger partial charge in [0, 0.05) is 12.6 Å². The fourth-order valence-electron chi connectivity index (χ4n) is 1.68. The number of aliphatic hydroxyl groups is 1. The van der Waals surface area contributed by atoms with Crippen LogP contribution < -0.4 is 11.1 Å². The summed E-state index contributed by atoms with van der Waals surface area (Å²) in [6, 6.07) is 8.39. The molecular weight excluding hydrogens is 228 g/mol. The van der Waals surface area contributed by atoms with Crippen molar-refractivity contribution in [2.45, 2.75) is 38.8 Å². The van der Waals surface area contributed by atoms with Gasteiger partial charge in [0.05, 0.1) is 0 Å². The Bertz CT molecular complexity index is 387. The second-order valence-electron chi connectivity index (χ2n) is 4.87. The predicted molar refractivity (Wildman–Crippen MR) is 72.1 cm³/mol. The molecule has 1 aromatic rings. The number of hydrogen-bond acceptors (Lipinski definition) is 3. The van der Waals surface area contributed by atoms with E-state index in [4.69, 9.17) is 5.73 Å². The lowest BCUT2D eigenvalue weighted by atomic mass is 9.99. The van der Waals surface area contributed by atoms with E-state index < -0.39 is 12.0 Å². The minimum Gasteiger partial charge on any atom is -0.382 e. The number of hydrogen-bond donors (Lipinski definition) is 3. The first kappa shape index (κ1) is 14.7. The van der Waals surface area contributed by atoms with Gasteiger partial charge in [-0.15, -0.1) is 0 Å². The van der Waals surface area contributed by atoms with Gasteiger partial charge in [0.15, 0.2) is 0 Å². The maximum Gasteiger partial charge on any atom is 0.247 e. The summed E-state index contributed by atoms with van der Waals surface area (Å²) in [6.45, 7) is 6.46. The monoisotopic (exact) mass is 250 g/mol. The second kappa shape index (κ2) is 6.52. The zero-order valence-corrected chi connectivity index (χ0v) is 11.2. The van der Waals surface area contributed by atoms with E-state index in [1.54, 1.807) is 0 Å². The molecule has 4 nitrogen and oxygen atoms in total. The zero-order valence-electron chi connectivity index (χ0n) is 11.2. The van der Waals surface area contributed by atoms with Crippen molar-refractivity contribution in [3.05, 3.63) is 35.4 Å². The molecule has 0 heterocycles. The second-order valence-corrected chi connectivity index (χ2v) is 4.87. The van der Waals surface area contributed by atoms with Gasteiger partial charge in [-0.3, -0.25) is 4.79 Å². The molecule has 0 saturated heterocycles. The smallest absolute Gasteiger partial charge is 0.247 e. The number of amides is 1. The maximum absolute atomic E-state index is 10.7. The zero-order chi connectivity index (χ0) is 13.7. The number of nitrogens with two attached hydrogens (primary N) is 1. The van der Waals surface area contributed by atoms with Crippen LogP contribution in [0.5, 0.6) is 0 Å². The van der Waals surface area contributed by atoms with Crippen LogP contribution in [0, 0.1) is 0 Å². The van der Waals surface area contributed by atoms with Gasteiger partial charge >= 0.3 is 0 Å². The lowest BCUT2D eigenvalue weighted by molar-refractivity contribution is -0.125. The fraction of sp³-hybridized carbons (Fsp3) is 0.500. The van der Waals surface area contributed by atoms with Crippen LogP contribution in [0.2, 0.25) is 0 Å². The Balaban J connectivity index is 2.56. The van der Waals surface area contributed by atoms with Gasteiger partial charge in [-0.05, 0) is 24.0 Å². The van der Waals surface area contributed by atoms with Crippen LogP contribution in [-0.4, -0.2) is 23.7 Å². The van der Waals surface area contributed by atoms with Crippen LogP contribution in [0.4, 0.5) is 0 Å². The number of aliphatic hydroxyl groups excluding tert-OH is 1. The molecule has 100 valence electrons. The molecule has 1 aromatic carbocycles. The molecule has 0 fully saturated rings. The first-order valence-corrected chi connectivity index (χ1v) is 6.22. The maximum atomic E-state index is 10.7. The normalized spacial score (nSPS) is 14.5. The Hall–Kier alpha value is -1.39. The molecule has 0 bridgehead atoms. The number of carbonyl (C=O) groups is 1. The molecule has 2 atom stereocenters. The molecule has 0 spiro atoms. The molecule has 4 heteroatoms. The summed E-state index contributed by atoms with van der Waals surface area (Å²) in [7, 11) is 0. The standard InChI is InChI=1S/C14H22N2O2/c1-9(2)11-4-6-12(7-5-11)10(3)16-8-13(17)14(15)18/h4-7,9-10,13,16-17H,8H2,1-3H3,(H2,15,18). The van der Waals surface area contributed by atoms with Gasteiger partial charge in [0.1, 0.15) is 6.10 Å². The fourth-order valence-corrected chi connectivity index (χ4v) is 1.68. The minimum atomic E-state index is -1.14. The molecule has 0 aliphatic carbocycles. The number of primary amides is 1. The lowest BCUT2D eigenvalue weighted by Crippen LogP contribution is -2.38. The van der Waals surface area contributed by atoms with Crippen LogP contribution in [0.25, 0.3) is 0 Å². The number of benzene rings is 1. The van der Waals surface area contributed by atoms with Crippen molar-refractivity contribution in [1.82, 2.24) is 5.32 Å². The van der Waals surface area contributed by atoms with Crippen molar-refractivity contribution in [1.29, 1.82) is 0 Å².